The average Bonchev–Trinajstić information content (AvgIpc) is 2.81. The van der Waals surface area contributed by atoms with E-state index in [2.05, 4.69) is 15.4 Å². The Bertz CT molecular complexity index is 738. The zero-order chi connectivity index (χ0) is 16.6. The lowest BCUT2D eigenvalue weighted by Gasteiger charge is -2.25. The molecule has 23 heavy (non-hydrogen) atoms. The fraction of sp³-hybridized carbons (Fsp3) is 0.588. The van der Waals surface area contributed by atoms with E-state index in [-0.39, 0.29) is 12.0 Å². The molecule has 1 fully saturated rings. The molecule has 1 amide bonds. The predicted octanol–water partition coefficient (Wildman–Crippen LogP) is 1.94. The summed E-state index contributed by atoms with van der Waals surface area (Å²) in [5, 5.41) is 17.2. The number of aliphatic hydroxyl groups is 1. The lowest BCUT2D eigenvalue weighted by atomic mass is 9.87. The molecule has 0 radical (unpaired) electrons. The molecule has 2 aromatic rings. The minimum absolute atomic E-state index is 0.130. The maximum atomic E-state index is 12.6. The molecule has 1 saturated carbocycles. The third-order valence-electron chi connectivity index (χ3n) is 4.60. The van der Waals surface area contributed by atoms with Crippen molar-refractivity contribution in [2.24, 2.45) is 5.92 Å². The monoisotopic (exact) mass is 316 g/mol. The second-order valence-corrected chi connectivity index (χ2v) is 6.63. The second kappa shape index (κ2) is 6.28. The number of fused-ring (bicyclic) bond motifs is 1. The van der Waals surface area contributed by atoms with Crippen molar-refractivity contribution in [2.75, 3.05) is 6.54 Å². The van der Waals surface area contributed by atoms with Crippen molar-refractivity contribution in [1.82, 2.24) is 19.9 Å². The third kappa shape index (κ3) is 3.22. The van der Waals surface area contributed by atoms with Gasteiger partial charge in [0.05, 0.1) is 11.8 Å². The van der Waals surface area contributed by atoms with Gasteiger partial charge in [0.15, 0.2) is 5.65 Å². The maximum absolute atomic E-state index is 12.6. The van der Waals surface area contributed by atoms with Crippen LogP contribution in [0.4, 0.5) is 0 Å². The van der Waals surface area contributed by atoms with Crippen LogP contribution in [0.5, 0.6) is 0 Å². The van der Waals surface area contributed by atoms with Crippen molar-refractivity contribution in [2.45, 2.75) is 52.6 Å². The Hall–Kier alpha value is -1.95. The first-order chi connectivity index (χ1) is 11.0. The van der Waals surface area contributed by atoms with Crippen LogP contribution in [-0.4, -0.2) is 38.3 Å². The van der Waals surface area contributed by atoms with Gasteiger partial charge in [-0.2, -0.15) is 5.10 Å². The Balaban J connectivity index is 1.79. The van der Waals surface area contributed by atoms with Crippen LogP contribution in [0.2, 0.25) is 0 Å². The molecule has 1 aliphatic rings. The van der Waals surface area contributed by atoms with Crippen molar-refractivity contribution in [3.05, 3.63) is 28.7 Å². The zero-order valence-electron chi connectivity index (χ0n) is 14.0. The average molecular weight is 316 g/mol. The number of amides is 1. The van der Waals surface area contributed by atoms with E-state index in [0.29, 0.717) is 29.4 Å². The molecule has 124 valence electrons. The number of aromatic nitrogens is 3. The van der Waals surface area contributed by atoms with E-state index in [1.54, 1.807) is 4.52 Å². The number of rotatable bonds is 3. The van der Waals surface area contributed by atoms with E-state index >= 15 is 0 Å². The first kappa shape index (κ1) is 15.9. The molecule has 0 spiro atoms. The number of hydrogen-bond donors (Lipinski definition) is 2. The fourth-order valence-electron chi connectivity index (χ4n) is 3.47. The molecule has 2 atom stereocenters. The molecule has 6 nitrogen and oxygen atoms in total. The Morgan fingerprint density at radius 2 is 2.17 bits per heavy atom. The summed E-state index contributed by atoms with van der Waals surface area (Å²) in [6.07, 6.45) is 3.50. The normalized spacial score (nSPS) is 21.6. The highest BCUT2D eigenvalue weighted by atomic mass is 16.3. The summed E-state index contributed by atoms with van der Waals surface area (Å²) < 4.78 is 1.72. The van der Waals surface area contributed by atoms with Crippen molar-refractivity contribution >= 4 is 11.6 Å². The van der Waals surface area contributed by atoms with Crippen molar-refractivity contribution in [1.29, 1.82) is 0 Å². The minimum Gasteiger partial charge on any atom is -0.393 e. The van der Waals surface area contributed by atoms with E-state index in [0.717, 1.165) is 37.1 Å². The lowest BCUT2D eigenvalue weighted by Crippen LogP contribution is -2.33. The van der Waals surface area contributed by atoms with Gasteiger partial charge in [-0.15, -0.1) is 0 Å². The lowest BCUT2D eigenvalue weighted by molar-refractivity contribution is 0.0874. The number of nitrogens with one attached hydrogen (secondary N) is 1. The second-order valence-electron chi connectivity index (χ2n) is 6.63. The highest BCUT2D eigenvalue weighted by molar-refractivity contribution is 6.01. The standard InChI is InChI=1S/C17H24N4O2/c1-10-7-11(2)21-16(19-10)15(12(3)20-21)17(23)18-9-13-5-4-6-14(22)8-13/h7,13-14,22H,4-6,8-9H2,1-3H3,(H,18,23). The van der Waals surface area contributed by atoms with Crippen LogP contribution in [-0.2, 0) is 0 Å². The van der Waals surface area contributed by atoms with Gasteiger partial charge in [0.2, 0.25) is 0 Å². The van der Waals surface area contributed by atoms with E-state index in [1.807, 2.05) is 26.8 Å². The summed E-state index contributed by atoms with van der Waals surface area (Å²) in [6, 6.07) is 1.95. The summed E-state index contributed by atoms with van der Waals surface area (Å²) in [5.41, 5.74) is 3.69. The molecule has 0 aromatic carbocycles. The van der Waals surface area contributed by atoms with Crippen molar-refractivity contribution < 1.29 is 9.90 Å². The summed E-state index contributed by atoms with van der Waals surface area (Å²) >= 11 is 0. The Kier molecular flexibility index (Phi) is 4.35. The Morgan fingerprint density at radius 1 is 1.39 bits per heavy atom. The highest BCUT2D eigenvalue weighted by Gasteiger charge is 2.23. The van der Waals surface area contributed by atoms with Crippen LogP contribution in [0.25, 0.3) is 5.65 Å². The fourth-order valence-corrected chi connectivity index (χ4v) is 3.47. The molecule has 2 N–H and O–H groups in total. The third-order valence-corrected chi connectivity index (χ3v) is 4.60. The van der Waals surface area contributed by atoms with Crippen LogP contribution < -0.4 is 5.32 Å². The van der Waals surface area contributed by atoms with Crippen LogP contribution in [0.15, 0.2) is 6.07 Å². The quantitative estimate of drug-likeness (QED) is 0.907. The highest BCUT2D eigenvalue weighted by Crippen LogP contribution is 2.24. The van der Waals surface area contributed by atoms with E-state index in [1.165, 1.54) is 0 Å². The number of carbonyl (C=O) groups is 1. The van der Waals surface area contributed by atoms with Gasteiger partial charge in [-0.25, -0.2) is 9.50 Å². The van der Waals surface area contributed by atoms with E-state index < -0.39 is 0 Å². The van der Waals surface area contributed by atoms with Gasteiger partial charge in [0, 0.05) is 17.9 Å². The number of carbonyl (C=O) groups excluding carboxylic acids is 1. The summed E-state index contributed by atoms with van der Waals surface area (Å²) in [4.78, 5) is 17.1. The number of hydrogen-bond acceptors (Lipinski definition) is 4. The van der Waals surface area contributed by atoms with Crippen molar-refractivity contribution in [3.63, 3.8) is 0 Å². The Labute approximate surface area is 135 Å². The number of nitrogens with zero attached hydrogens (tertiary/aromatic N) is 3. The SMILES string of the molecule is Cc1cc(C)n2nc(C)c(C(=O)NCC3CCCC(O)C3)c2n1. The minimum atomic E-state index is -0.226. The molecule has 1 aliphatic carbocycles. The van der Waals surface area contributed by atoms with E-state index in [4.69, 9.17) is 0 Å². The molecule has 2 aromatic heterocycles. The van der Waals surface area contributed by atoms with Gasteiger partial charge in [0.25, 0.3) is 5.91 Å². The largest absolute Gasteiger partial charge is 0.393 e. The smallest absolute Gasteiger partial charge is 0.257 e. The van der Waals surface area contributed by atoms with Gasteiger partial charge in [-0.1, -0.05) is 6.42 Å². The topological polar surface area (TPSA) is 79.5 Å². The van der Waals surface area contributed by atoms with E-state index in [9.17, 15) is 9.90 Å². The molecule has 0 saturated heterocycles. The summed E-state index contributed by atoms with van der Waals surface area (Å²) in [6.45, 7) is 6.31. The molecule has 0 bridgehead atoms. The molecule has 2 unspecified atom stereocenters. The predicted molar refractivity (Wildman–Crippen MR) is 87.5 cm³/mol. The molecule has 3 rings (SSSR count). The maximum Gasteiger partial charge on any atom is 0.257 e. The number of aryl methyl sites for hydroxylation is 3. The molecule has 0 aliphatic heterocycles. The zero-order valence-corrected chi connectivity index (χ0v) is 14.0. The van der Waals surface area contributed by atoms with Crippen LogP contribution >= 0.6 is 0 Å². The van der Waals surface area contributed by atoms with Gasteiger partial charge < -0.3 is 10.4 Å². The molecular weight excluding hydrogens is 292 g/mol. The van der Waals surface area contributed by atoms with Crippen LogP contribution in [0.3, 0.4) is 0 Å². The Morgan fingerprint density at radius 3 is 2.91 bits per heavy atom. The van der Waals surface area contributed by atoms with Gasteiger partial charge >= 0.3 is 0 Å². The van der Waals surface area contributed by atoms with Crippen LogP contribution in [0, 0.1) is 26.7 Å². The first-order valence-electron chi connectivity index (χ1n) is 8.25. The van der Waals surface area contributed by atoms with Gasteiger partial charge in [-0.05, 0) is 52.0 Å². The molecule has 2 heterocycles. The summed E-state index contributed by atoms with van der Waals surface area (Å²) in [7, 11) is 0. The first-order valence-corrected chi connectivity index (χ1v) is 8.25. The molecule has 6 heteroatoms. The van der Waals surface area contributed by atoms with Gasteiger partial charge in [-0.3, -0.25) is 4.79 Å². The molecular formula is C17H24N4O2. The van der Waals surface area contributed by atoms with Gasteiger partial charge in [0.1, 0.15) is 5.56 Å². The van der Waals surface area contributed by atoms with Crippen molar-refractivity contribution in [3.8, 4) is 0 Å². The number of aliphatic hydroxyl groups excluding tert-OH is 1. The summed E-state index contributed by atoms with van der Waals surface area (Å²) in [5.74, 6) is 0.219. The van der Waals surface area contributed by atoms with Crippen LogP contribution in [0.1, 0.15) is 53.1 Å².